The van der Waals surface area contributed by atoms with Crippen LogP contribution in [-0.2, 0) is 0 Å². The van der Waals surface area contributed by atoms with Crippen LogP contribution in [0.25, 0.3) is 0 Å². The molecule has 138 valence electrons. The Labute approximate surface area is 145 Å². The number of aliphatic hydroxyl groups is 4. The van der Waals surface area contributed by atoms with Crippen molar-refractivity contribution in [1.82, 2.24) is 0 Å². The molecule has 4 saturated carbocycles. The topological polar surface area (TPSA) is 80.9 Å². The molecule has 0 aromatic heterocycles. The molecule has 4 aliphatic rings. The monoisotopic (exact) mass is 338 g/mol. The number of hydrogen-bond donors (Lipinski definition) is 4. The van der Waals surface area contributed by atoms with Gasteiger partial charge in [0.2, 0.25) is 0 Å². The van der Waals surface area contributed by atoms with Gasteiger partial charge in [0.15, 0.2) is 0 Å². The smallest absolute Gasteiger partial charge is 0.0673 e. The third kappa shape index (κ3) is 1.84. The molecule has 0 radical (unpaired) electrons. The number of fused-ring (bicyclic) bond motifs is 2. The molecule has 0 amide bonds. The fourth-order valence-electron chi connectivity index (χ4n) is 8.18. The third-order valence-corrected chi connectivity index (χ3v) is 9.22. The highest BCUT2D eigenvalue weighted by Gasteiger charge is 2.73. The molecular formula is C20H34O4. The lowest BCUT2D eigenvalue weighted by molar-refractivity contribution is -0.240. The largest absolute Gasteiger partial charge is 0.396 e. The summed E-state index contributed by atoms with van der Waals surface area (Å²) in [5, 5.41) is 42.9. The van der Waals surface area contributed by atoms with Crippen LogP contribution in [0.5, 0.6) is 0 Å². The first kappa shape index (κ1) is 17.3. The molecule has 0 saturated heterocycles. The van der Waals surface area contributed by atoms with Gasteiger partial charge < -0.3 is 20.4 Å². The van der Waals surface area contributed by atoms with E-state index in [2.05, 4.69) is 13.8 Å². The minimum absolute atomic E-state index is 0.0497. The van der Waals surface area contributed by atoms with Crippen molar-refractivity contribution in [3.8, 4) is 0 Å². The first-order chi connectivity index (χ1) is 11.1. The van der Waals surface area contributed by atoms with Gasteiger partial charge >= 0.3 is 0 Å². The van der Waals surface area contributed by atoms with Crippen LogP contribution in [-0.4, -0.2) is 44.8 Å². The van der Waals surface area contributed by atoms with E-state index in [4.69, 9.17) is 0 Å². The van der Waals surface area contributed by atoms with Crippen LogP contribution in [0.2, 0.25) is 0 Å². The third-order valence-electron chi connectivity index (χ3n) is 9.22. The van der Waals surface area contributed by atoms with Gasteiger partial charge in [-0.15, -0.1) is 0 Å². The van der Waals surface area contributed by atoms with E-state index >= 15 is 0 Å². The summed E-state index contributed by atoms with van der Waals surface area (Å²) in [6.07, 6.45) is 5.09. The summed E-state index contributed by atoms with van der Waals surface area (Å²) in [6, 6.07) is 0. The van der Waals surface area contributed by atoms with Gasteiger partial charge in [-0.1, -0.05) is 13.8 Å². The molecule has 4 aliphatic carbocycles. The summed E-state index contributed by atoms with van der Waals surface area (Å²) in [5.41, 5.74) is -1.43. The fraction of sp³-hybridized carbons (Fsp3) is 1.00. The predicted molar refractivity (Wildman–Crippen MR) is 91.2 cm³/mol. The summed E-state index contributed by atoms with van der Waals surface area (Å²) in [7, 11) is 0. The van der Waals surface area contributed by atoms with Crippen molar-refractivity contribution in [3.05, 3.63) is 0 Å². The van der Waals surface area contributed by atoms with Crippen LogP contribution in [0, 0.1) is 34.0 Å². The Balaban J connectivity index is 1.83. The maximum absolute atomic E-state index is 11.4. The summed E-state index contributed by atoms with van der Waals surface area (Å²) in [6.45, 7) is 6.37. The Morgan fingerprint density at radius 1 is 1.00 bits per heavy atom. The van der Waals surface area contributed by atoms with Gasteiger partial charge in [0, 0.05) is 17.9 Å². The lowest BCUT2D eigenvalue weighted by atomic mass is 9.38. The van der Waals surface area contributed by atoms with Crippen LogP contribution in [0.3, 0.4) is 0 Å². The normalized spacial score (nSPS) is 62.9. The van der Waals surface area contributed by atoms with Gasteiger partial charge in [0.25, 0.3) is 0 Å². The molecule has 2 bridgehead atoms. The average molecular weight is 338 g/mol. The summed E-state index contributed by atoms with van der Waals surface area (Å²) in [5.74, 6) is 0.707. The molecule has 0 aliphatic heterocycles. The fourth-order valence-corrected chi connectivity index (χ4v) is 8.18. The van der Waals surface area contributed by atoms with E-state index in [1.165, 1.54) is 0 Å². The number of hydrogen-bond acceptors (Lipinski definition) is 4. The molecular weight excluding hydrogens is 304 g/mol. The van der Waals surface area contributed by atoms with E-state index in [0.717, 1.165) is 38.5 Å². The van der Waals surface area contributed by atoms with E-state index in [1.807, 2.05) is 6.92 Å². The molecule has 4 nitrogen and oxygen atoms in total. The van der Waals surface area contributed by atoms with E-state index in [0.29, 0.717) is 18.3 Å². The van der Waals surface area contributed by atoms with E-state index < -0.39 is 17.8 Å². The van der Waals surface area contributed by atoms with Crippen LogP contribution in [0.4, 0.5) is 0 Å². The van der Waals surface area contributed by atoms with Crippen LogP contribution < -0.4 is 0 Å². The molecule has 0 aromatic rings. The SMILES string of the molecule is C[C@@]1(CO)C[C@H](O)C[C@@]2(C)[C@H]1CC[C@H]1CC3C(O)[C@]12CC[C@]3(C)O. The summed E-state index contributed by atoms with van der Waals surface area (Å²) < 4.78 is 0. The Kier molecular flexibility index (Phi) is 3.57. The molecule has 4 heteroatoms. The lowest BCUT2D eigenvalue weighted by Crippen LogP contribution is -2.66. The highest BCUT2D eigenvalue weighted by Crippen LogP contribution is 2.75. The second-order valence-corrected chi connectivity index (χ2v) is 10.3. The van der Waals surface area contributed by atoms with Crippen LogP contribution in [0.1, 0.15) is 65.7 Å². The van der Waals surface area contributed by atoms with Crippen molar-refractivity contribution in [3.63, 3.8) is 0 Å². The first-order valence-electron chi connectivity index (χ1n) is 9.80. The Bertz CT molecular complexity index is 534. The molecule has 4 rings (SSSR count). The molecule has 4 fully saturated rings. The van der Waals surface area contributed by atoms with Gasteiger partial charge in [-0.2, -0.15) is 0 Å². The Morgan fingerprint density at radius 3 is 2.38 bits per heavy atom. The van der Waals surface area contributed by atoms with Crippen LogP contribution >= 0.6 is 0 Å². The average Bonchev–Trinajstić information content (AvgIpc) is 2.72. The summed E-state index contributed by atoms with van der Waals surface area (Å²) in [4.78, 5) is 0. The first-order valence-corrected chi connectivity index (χ1v) is 9.80. The number of rotatable bonds is 1. The zero-order valence-electron chi connectivity index (χ0n) is 15.3. The van der Waals surface area contributed by atoms with Crippen molar-refractivity contribution < 1.29 is 20.4 Å². The second-order valence-electron chi connectivity index (χ2n) is 10.3. The molecule has 9 atom stereocenters. The molecule has 0 heterocycles. The summed E-state index contributed by atoms with van der Waals surface area (Å²) >= 11 is 0. The van der Waals surface area contributed by atoms with Gasteiger partial charge in [0.1, 0.15) is 0 Å². The quantitative estimate of drug-likeness (QED) is 0.590. The highest BCUT2D eigenvalue weighted by molar-refractivity contribution is 5.22. The molecule has 2 unspecified atom stereocenters. The van der Waals surface area contributed by atoms with E-state index in [-0.39, 0.29) is 28.8 Å². The highest BCUT2D eigenvalue weighted by atomic mass is 16.3. The molecule has 4 N–H and O–H groups in total. The maximum Gasteiger partial charge on any atom is 0.0673 e. The van der Waals surface area contributed by atoms with Crippen molar-refractivity contribution >= 4 is 0 Å². The standard InChI is InChI=1S/C20H34O4/c1-17(11-21)9-13(22)10-18(2)15(17)5-4-12-8-14-16(23)20(12,18)7-6-19(14,3)24/h12-16,21-24H,4-11H2,1-3H3/t12-,13-,14?,15-,16?,17-,18-,19-,20-/m0/s1. The van der Waals surface area contributed by atoms with Gasteiger partial charge in [-0.05, 0) is 74.5 Å². The molecule has 1 spiro atoms. The predicted octanol–water partition coefficient (Wildman–Crippen LogP) is 2.08. The Morgan fingerprint density at radius 2 is 1.71 bits per heavy atom. The Hall–Kier alpha value is -0.160. The number of aliphatic hydroxyl groups excluding tert-OH is 3. The van der Waals surface area contributed by atoms with Crippen LogP contribution in [0.15, 0.2) is 0 Å². The van der Waals surface area contributed by atoms with Gasteiger partial charge in [0.05, 0.1) is 17.8 Å². The van der Waals surface area contributed by atoms with E-state index in [9.17, 15) is 20.4 Å². The van der Waals surface area contributed by atoms with Crippen molar-refractivity contribution in [1.29, 1.82) is 0 Å². The zero-order valence-corrected chi connectivity index (χ0v) is 15.3. The molecule has 24 heavy (non-hydrogen) atoms. The van der Waals surface area contributed by atoms with Crippen molar-refractivity contribution in [2.75, 3.05) is 6.61 Å². The lowest BCUT2D eigenvalue weighted by Gasteiger charge is -2.67. The second kappa shape index (κ2) is 4.97. The van der Waals surface area contributed by atoms with E-state index in [1.54, 1.807) is 0 Å². The van der Waals surface area contributed by atoms with Crippen molar-refractivity contribution in [2.45, 2.75) is 83.5 Å². The minimum Gasteiger partial charge on any atom is -0.396 e. The maximum atomic E-state index is 11.4. The minimum atomic E-state index is -0.776. The molecule has 0 aromatic carbocycles. The zero-order chi connectivity index (χ0) is 17.5. The van der Waals surface area contributed by atoms with Crippen molar-refractivity contribution in [2.24, 2.45) is 34.0 Å². The van der Waals surface area contributed by atoms with Gasteiger partial charge in [-0.25, -0.2) is 0 Å². The van der Waals surface area contributed by atoms with Gasteiger partial charge in [-0.3, -0.25) is 0 Å².